The van der Waals surface area contributed by atoms with Gasteiger partial charge in [-0.05, 0) is 105 Å². The molecule has 0 bridgehead atoms. The molecule has 2 heteroatoms. The van der Waals surface area contributed by atoms with Gasteiger partial charge >= 0.3 is 0 Å². The molecule has 1 aliphatic rings. The molecule has 0 saturated heterocycles. The van der Waals surface area contributed by atoms with Gasteiger partial charge in [0.1, 0.15) is 0 Å². The molecule has 1 aromatic heterocycles. The van der Waals surface area contributed by atoms with E-state index in [-0.39, 0.29) is 5.41 Å². The molecule has 252 valence electrons. The molecule has 0 N–H and O–H groups in total. The van der Waals surface area contributed by atoms with Crippen molar-refractivity contribution in [3.63, 3.8) is 0 Å². The first-order chi connectivity index (χ1) is 26.1. The highest BCUT2D eigenvalue weighted by atomic mass is 15.1. The van der Waals surface area contributed by atoms with Crippen molar-refractivity contribution >= 4 is 38.9 Å². The van der Waals surface area contributed by atoms with Crippen LogP contribution in [0.25, 0.3) is 60.9 Å². The van der Waals surface area contributed by atoms with E-state index in [2.05, 4.69) is 217 Å². The summed E-state index contributed by atoms with van der Waals surface area (Å²) in [6.07, 6.45) is 0. The van der Waals surface area contributed by atoms with Gasteiger partial charge in [-0.2, -0.15) is 0 Å². The summed E-state index contributed by atoms with van der Waals surface area (Å²) in [6.45, 7) is 4.73. The van der Waals surface area contributed by atoms with Crippen molar-refractivity contribution in [1.29, 1.82) is 0 Å². The van der Waals surface area contributed by atoms with Gasteiger partial charge in [-0.15, -0.1) is 0 Å². The minimum Gasteiger partial charge on any atom is -0.310 e. The van der Waals surface area contributed by atoms with Gasteiger partial charge in [0.05, 0.1) is 11.0 Å². The topological polar surface area (TPSA) is 8.17 Å². The fraction of sp³-hybridized carbons (Fsp3) is 0.0588. The quantitative estimate of drug-likeness (QED) is 0.170. The molecule has 9 aromatic rings. The molecular weight excluding hydrogens is 641 g/mol. The number of rotatable bonds is 6. The summed E-state index contributed by atoms with van der Waals surface area (Å²) in [5.74, 6) is 0. The van der Waals surface area contributed by atoms with E-state index >= 15 is 0 Å². The minimum atomic E-state index is -0.0778. The fourth-order valence-electron chi connectivity index (χ4n) is 8.64. The van der Waals surface area contributed by atoms with Gasteiger partial charge in [-0.3, -0.25) is 0 Å². The van der Waals surface area contributed by atoms with E-state index < -0.39 is 0 Å². The second kappa shape index (κ2) is 12.3. The Morgan fingerprint density at radius 2 is 1.00 bits per heavy atom. The van der Waals surface area contributed by atoms with E-state index in [0.717, 1.165) is 22.7 Å². The zero-order chi connectivity index (χ0) is 35.5. The monoisotopic (exact) mass is 678 g/mol. The summed E-state index contributed by atoms with van der Waals surface area (Å²) >= 11 is 0. The van der Waals surface area contributed by atoms with Crippen LogP contribution in [0.4, 0.5) is 17.1 Å². The maximum Gasteiger partial charge on any atom is 0.0562 e. The second-order valence-corrected chi connectivity index (χ2v) is 14.6. The average Bonchev–Trinajstić information content (AvgIpc) is 3.67. The van der Waals surface area contributed by atoms with Crippen LogP contribution in [-0.4, -0.2) is 4.57 Å². The molecule has 0 unspecified atom stereocenters. The maximum absolute atomic E-state index is 2.46. The fourth-order valence-corrected chi connectivity index (χ4v) is 8.64. The number of nitrogens with zero attached hydrogens (tertiary/aromatic N) is 2. The molecule has 0 amide bonds. The highest BCUT2D eigenvalue weighted by Gasteiger charge is 2.37. The van der Waals surface area contributed by atoms with Crippen molar-refractivity contribution in [2.45, 2.75) is 19.3 Å². The van der Waals surface area contributed by atoms with E-state index in [1.807, 2.05) is 0 Å². The molecule has 0 spiro atoms. The lowest BCUT2D eigenvalue weighted by atomic mass is 9.82. The Kier molecular flexibility index (Phi) is 7.19. The molecular formula is C51H38N2. The SMILES string of the molecule is CC1(C)c2ccccc2-c2c1ccc1c2c2ccc(N(c3ccccc3)c3cc(-c4ccccc4)cc(-c4ccccc4)c3)cc2n1-c1ccccc1. The van der Waals surface area contributed by atoms with Gasteiger partial charge in [-0.1, -0.05) is 147 Å². The van der Waals surface area contributed by atoms with E-state index in [1.165, 1.54) is 66.3 Å². The van der Waals surface area contributed by atoms with Crippen LogP contribution in [0.15, 0.2) is 194 Å². The average molecular weight is 679 g/mol. The summed E-state index contributed by atoms with van der Waals surface area (Å²) in [5.41, 5.74) is 17.0. The van der Waals surface area contributed by atoms with Gasteiger partial charge in [-0.25, -0.2) is 0 Å². The third-order valence-electron chi connectivity index (χ3n) is 11.1. The lowest BCUT2D eigenvalue weighted by Crippen LogP contribution is -2.14. The number of para-hydroxylation sites is 2. The van der Waals surface area contributed by atoms with Crippen LogP contribution < -0.4 is 4.90 Å². The Bertz CT molecular complexity index is 2720. The lowest BCUT2D eigenvalue weighted by molar-refractivity contribution is 0.661. The van der Waals surface area contributed by atoms with E-state index in [1.54, 1.807) is 0 Å². The van der Waals surface area contributed by atoms with E-state index in [0.29, 0.717) is 0 Å². The van der Waals surface area contributed by atoms with Crippen molar-refractivity contribution in [1.82, 2.24) is 4.57 Å². The van der Waals surface area contributed by atoms with Crippen molar-refractivity contribution in [2.75, 3.05) is 4.90 Å². The smallest absolute Gasteiger partial charge is 0.0562 e. The first-order valence-corrected chi connectivity index (χ1v) is 18.4. The number of hydrogen-bond donors (Lipinski definition) is 0. The van der Waals surface area contributed by atoms with Crippen LogP contribution in [-0.2, 0) is 5.41 Å². The molecule has 0 atom stereocenters. The van der Waals surface area contributed by atoms with Crippen molar-refractivity contribution in [3.8, 4) is 39.1 Å². The molecule has 0 aliphatic heterocycles. The van der Waals surface area contributed by atoms with Gasteiger partial charge in [0.15, 0.2) is 0 Å². The third kappa shape index (κ3) is 5.02. The van der Waals surface area contributed by atoms with Crippen LogP contribution in [0.5, 0.6) is 0 Å². The van der Waals surface area contributed by atoms with Gasteiger partial charge in [0.25, 0.3) is 0 Å². The molecule has 1 heterocycles. The Labute approximate surface area is 310 Å². The predicted molar refractivity (Wildman–Crippen MR) is 224 cm³/mol. The van der Waals surface area contributed by atoms with E-state index in [4.69, 9.17) is 0 Å². The molecule has 0 saturated carbocycles. The van der Waals surface area contributed by atoms with Crippen LogP contribution >= 0.6 is 0 Å². The second-order valence-electron chi connectivity index (χ2n) is 14.6. The van der Waals surface area contributed by atoms with Crippen molar-refractivity contribution in [2.24, 2.45) is 0 Å². The standard InChI is InChI=1S/C51H38N2/c1-51(2)45-26-16-15-25-43(45)49-46(51)29-30-47-50(49)44-28-27-41(34-48(44)53(47)40-23-13-6-14-24-40)52(39-21-11-5-12-22-39)42-32-37(35-17-7-3-8-18-35)31-38(33-42)36-19-9-4-10-20-36/h3-34H,1-2H3. The number of anilines is 3. The highest BCUT2D eigenvalue weighted by molar-refractivity contribution is 6.18. The first-order valence-electron chi connectivity index (χ1n) is 18.4. The first kappa shape index (κ1) is 31.1. The largest absolute Gasteiger partial charge is 0.310 e. The summed E-state index contributed by atoms with van der Waals surface area (Å²) in [7, 11) is 0. The van der Waals surface area contributed by atoms with Crippen LogP contribution in [0.3, 0.4) is 0 Å². The molecule has 0 fully saturated rings. The predicted octanol–water partition coefficient (Wildman–Crippen LogP) is 13.9. The molecule has 1 aliphatic carbocycles. The normalized spacial score (nSPS) is 12.9. The number of benzene rings is 8. The van der Waals surface area contributed by atoms with Crippen LogP contribution in [0, 0.1) is 0 Å². The Balaban J connectivity index is 1.26. The highest BCUT2D eigenvalue weighted by Crippen LogP contribution is 2.53. The van der Waals surface area contributed by atoms with Crippen LogP contribution in [0.1, 0.15) is 25.0 Å². The third-order valence-corrected chi connectivity index (χ3v) is 11.1. The maximum atomic E-state index is 2.46. The Hall–Kier alpha value is -6.64. The van der Waals surface area contributed by atoms with Gasteiger partial charge in [0, 0.05) is 38.9 Å². The summed E-state index contributed by atoms with van der Waals surface area (Å²) in [4.78, 5) is 2.41. The lowest BCUT2D eigenvalue weighted by Gasteiger charge is -2.27. The van der Waals surface area contributed by atoms with E-state index in [9.17, 15) is 0 Å². The molecule has 8 aromatic carbocycles. The van der Waals surface area contributed by atoms with Gasteiger partial charge in [0.2, 0.25) is 0 Å². The number of hydrogen-bond acceptors (Lipinski definition) is 1. The molecule has 2 nitrogen and oxygen atoms in total. The van der Waals surface area contributed by atoms with Crippen LogP contribution in [0.2, 0.25) is 0 Å². The minimum absolute atomic E-state index is 0.0778. The number of aromatic nitrogens is 1. The molecule has 10 rings (SSSR count). The zero-order valence-corrected chi connectivity index (χ0v) is 29.9. The molecule has 0 radical (unpaired) electrons. The Morgan fingerprint density at radius 3 is 1.66 bits per heavy atom. The van der Waals surface area contributed by atoms with Gasteiger partial charge < -0.3 is 9.47 Å². The summed E-state index contributed by atoms with van der Waals surface area (Å²) in [6, 6.07) is 70.7. The number of fused-ring (bicyclic) bond motifs is 7. The summed E-state index contributed by atoms with van der Waals surface area (Å²) in [5, 5.41) is 2.57. The van der Waals surface area contributed by atoms with Crippen molar-refractivity contribution in [3.05, 3.63) is 205 Å². The van der Waals surface area contributed by atoms with Crippen molar-refractivity contribution < 1.29 is 0 Å². The summed E-state index contributed by atoms with van der Waals surface area (Å²) < 4.78 is 2.46. The Morgan fingerprint density at radius 1 is 0.415 bits per heavy atom. The zero-order valence-electron chi connectivity index (χ0n) is 29.9. The molecule has 53 heavy (non-hydrogen) atoms.